The number of aromatic hydroxyl groups is 1. The molecule has 2 N–H and O–H groups in total. The second-order valence-electron chi connectivity index (χ2n) is 5.93. The monoisotopic (exact) mass is 361 g/mol. The van der Waals surface area contributed by atoms with Crippen molar-refractivity contribution in [3.63, 3.8) is 0 Å². The van der Waals surface area contributed by atoms with E-state index in [-0.39, 0.29) is 23.3 Å². The van der Waals surface area contributed by atoms with Crippen LogP contribution in [-0.2, 0) is 11.3 Å². The van der Waals surface area contributed by atoms with Gasteiger partial charge in [-0.15, -0.1) is 0 Å². The summed E-state index contributed by atoms with van der Waals surface area (Å²) in [5, 5.41) is 12.9. The molecule has 1 amide bonds. The molecule has 0 aliphatic carbocycles. The summed E-state index contributed by atoms with van der Waals surface area (Å²) in [5.74, 6) is 0.302. The topological polar surface area (TPSA) is 67.8 Å². The van der Waals surface area contributed by atoms with Crippen LogP contribution in [0.1, 0.15) is 28.8 Å². The summed E-state index contributed by atoms with van der Waals surface area (Å²) >= 11 is 5.86. The molecule has 132 valence electrons. The fraction of sp³-hybridized carbons (Fsp3) is 0.316. The Kier molecular flexibility index (Phi) is 5.79. The third-order valence-corrected chi connectivity index (χ3v) is 4.27. The molecule has 1 heterocycles. The van der Waals surface area contributed by atoms with E-state index in [1.165, 1.54) is 18.2 Å². The van der Waals surface area contributed by atoms with E-state index in [0.29, 0.717) is 18.2 Å². The van der Waals surface area contributed by atoms with Gasteiger partial charge < -0.3 is 19.9 Å². The lowest BCUT2D eigenvalue weighted by atomic mass is 10.1. The van der Waals surface area contributed by atoms with Crippen LogP contribution in [0.5, 0.6) is 11.5 Å². The highest BCUT2D eigenvalue weighted by atomic mass is 35.5. The molecule has 1 saturated heterocycles. The molecule has 0 spiro atoms. The number of hydrogen-bond donors (Lipinski definition) is 2. The number of benzene rings is 2. The largest absolute Gasteiger partial charge is 0.507 e. The van der Waals surface area contributed by atoms with Crippen molar-refractivity contribution in [2.75, 3.05) is 13.2 Å². The molecule has 3 rings (SSSR count). The van der Waals surface area contributed by atoms with Crippen LogP contribution < -0.4 is 10.1 Å². The highest BCUT2D eigenvalue weighted by Gasteiger charge is 2.16. The zero-order valence-electron chi connectivity index (χ0n) is 13.7. The first kappa shape index (κ1) is 17.6. The molecule has 1 unspecified atom stereocenters. The number of carbonyl (C=O) groups is 1. The maximum atomic E-state index is 12.1. The molecule has 5 nitrogen and oxygen atoms in total. The molecule has 25 heavy (non-hydrogen) atoms. The number of hydrogen-bond acceptors (Lipinski definition) is 4. The second kappa shape index (κ2) is 8.23. The Bertz CT molecular complexity index is 727. The Hall–Kier alpha value is -2.24. The van der Waals surface area contributed by atoms with E-state index >= 15 is 0 Å². The Morgan fingerprint density at radius 1 is 1.28 bits per heavy atom. The lowest BCUT2D eigenvalue weighted by Gasteiger charge is -2.12. The Balaban J connectivity index is 1.51. The molecule has 1 atom stereocenters. The van der Waals surface area contributed by atoms with Crippen LogP contribution in [0.25, 0.3) is 0 Å². The minimum absolute atomic E-state index is 0.0974. The van der Waals surface area contributed by atoms with Gasteiger partial charge in [0.1, 0.15) is 18.1 Å². The summed E-state index contributed by atoms with van der Waals surface area (Å²) in [7, 11) is 0. The van der Waals surface area contributed by atoms with Crippen LogP contribution in [0.3, 0.4) is 0 Å². The summed E-state index contributed by atoms with van der Waals surface area (Å²) in [6.07, 6.45) is 2.32. The highest BCUT2D eigenvalue weighted by molar-refractivity contribution is 6.31. The van der Waals surface area contributed by atoms with Gasteiger partial charge in [-0.2, -0.15) is 0 Å². The average molecular weight is 362 g/mol. The molecule has 0 bridgehead atoms. The minimum atomic E-state index is -0.376. The Labute approximate surface area is 151 Å². The average Bonchev–Trinajstić information content (AvgIpc) is 3.14. The van der Waals surface area contributed by atoms with E-state index < -0.39 is 0 Å². The third-order valence-electron chi connectivity index (χ3n) is 4.04. The van der Waals surface area contributed by atoms with E-state index in [1.807, 2.05) is 24.3 Å². The first-order valence-corrected chi connectivity index (χ1v) is 8.59. The minimum Gasteiger partial charge on any atom is -0.507 e. The van der Waals surface area contributed by atoms with E-state index in [9.17, 15) is 9.90 Å². The van der Waals surface area contributed by atoms with E-state index in [2.05, 4.69) is 5.32 Å². The molecule has 0 radical (unpaired) electrons. The molecule has 2 aromatic rings. The van der Waals surface area contributed by atoms with Gasteiger partial charge in [0.05, 0.1) is 11.7 Å². The maximum absolute atomic E-state index is 12.1. The van der Waals surface area contributed by atoms with Crippen molar-refractivity contribution in [1.82, 2.24) is 5.32 Å². The number of rotatable bonds is 6. The number of carbonyl (C=O) groups excluding carboxylic acids is 1. The lowest BCUT2D eigenvalue weighted by Crippen LogP contribution is -2.22. The number of halogens is 1. The Morgan fingerprint density at radius 3 is 2.80 bits per heavy atom. The molecular formula is C19H20ClNO4. The van der Waals surface area contributed by atoms with Crippen molar-refractivity contribution in [3.8, 4) is 11.5 Å². The van der Waals surface area contributed by atoms with Gasteiger partial charge in [0, 0.05) is 18.2 Å². The third kappa shape index (κ3) is 4.87. The molecule has 1 aliphatic heterocycles. The van der Waals surface area contributed by atoms with Gasteiger partial charge in [0.2, 0.25) is 0 Å². The summed E-state index contributed by atoms with van der Waals surface area (Å²) in [6, 6.07) is 11.9. The first-order chi connectivity index (χ1) is 12.1. The number of amides is 1. The summed E-state index contributed by atoms with van der Waals surface area (Å²) < 4.78 is 11.2. The van der Waals surface area contributed by atoms with Crippen molar-refractivity contribution < 1.29 is 19.4 Å². The molecule has 6 heteroatoms. The van der Waals surface area contributed by atoms with Crippen LogP contribution in [0.2, 0.25) is 5.02 Å². The predicted molar refractivity (Wildman–Crippen MR) is 95.2 cm³/mol. The predicted octanol–water partition coefficient (Wildman–Crippen LogP) is 3.53. The van der Waals surface area contributed by atoms with Gasteiger partial charge in [0.15, 0.2) is 0 Å². The molecule has 1 fully saturated rings. The van der Waals surface area contributed by atoms with Gasteiger partial charge in [-0.25, -0.2) is 0 Å². The summed E-state index contributed by atoms with van der Waals surface area (Å²) in [5.41, 5.74) is 1.09. The maximum Gasteiger partial charge on any atom is 0.255 e. The van der Waals surface area contributed by atoms with Crippen molar-refractivity contribution in [2.24, 2.45) is 0 Å². The van der Waals surface area contributed by atoms with Crippen LogP contribution >= 0.6 is 11.6 Å². The molecule has 0 saturated carbocycles. The molecular weight excluding hydrogens is 342 g/mol. The van der Waals surface area contributed by atoms with Gasteiger partial charge in [0.25, 0.3) is 5.91 Å². The van der Waals surface area contributed by atoms with Crippen molar-refractivity contribution in [3.05, 3.63) is 58.6 Å². The number of ether oxygens (including phenoxy) is 2. The standard InChI is InChI=1S/C19H20ClNO4/c20-14-5-8-18(22)17(10-14)19(23)21-11-13-3-6-15(7-4-13)25-12-16-2-1-9-24-16/h3-8,10,16,22H,1-2,9,11-12H2,(H,21,23). The SMILES string of the molecule is O=C(NCc1ccc(OCC2CCCO2)cc1)c1cc(Cl)ccc1O. The fourth-order valence-corrected chi connectivity index (χ4v) is 2.81. The van der Waals surface area contributed by atoms with Gasteiger partial charge in [-0.3, -0.25) is 4.79 Å². The molecule has 2 aromatic carbocycles. The van der Waals surface area contributed by atoms with Gasteiger partial charge >= 0.3 is 0 Å². The van der Waals surface area contributed by atoms with Crippen LogP contribution in [0.15, 0.2) is 42.5 Å². The van der Waals surface area contributed by atoms with Crippen molar-refractivity contribution in [2.45, 2.75) is 25.5 Å². The van der Waals surface area contributed by atoms with E-state index in [4.69, 9.17) is 21.1 Å². The Morgan fingerprint density at radius 2 is 2.08 bits per heavy atom. The van der Waals surface area contributed by atoms with Gasteiger partial charge in [-0.05, 0) is 48.7 Å². The fourth-order valence-electron chi connectivity index (χ4n) is 2.64. The first-order valence-electron chi connectivity index (χ1n) is 8.22. The van der Waals surface area contributed by atoms with E-state index in [0.717, 1.165) is 30.8 Å². The zero-order chi connectivity index (χ0) is 17.6. The van der Waals surface area contributed by atoms with Crippen molar-refractivity contribution >= 4 is 17.5 Å². The summed E-state index contributed by atoms with van der Waals surface area (Å²) in [4.78, 5) is 12.1. The van der Waals surface area contributed by atoms with Crippen LogP contribution in [0.4, 0.5) is 0 Å². The van der Waals surface area contributed by atoms with Crippen LogP contribution in [-0.4, -0.2) is 30.3 Å². The zero-order valence-corrected chi connectivity index (χ0v) is 14.5. The summed E-state index contributed by atoms with van der Waals surface area (Å²) in [6.45, 7) is 1.72. The second-order valence-corrected chi connectivity index (χ2v) is 6.37. The smallest absolute Gasteiger partial charge is 0.255 e. The van der Waals surface area contributed by atoms with Crippen LogP contribution in [0, 0.1) is 0 Å². The number of phenols is 1. The quantitative estimate of drug-likeness (QED) is 0.825. The van der Waals surface area contributed by atoms with Crippen molar-refractivity contribution in [1.29, 1.82) is 0 Å². The number of phenolic OH excluding ortho intramolecular Hbond substituents is 1. The normalized spacial score (nSPS) is 16.6. The number of nitrogens with one attached hydrogen (secondary N) is 1. The molecule has 1 aliphatic rings. The molecule has 0 aromatic heterocycles. The lowest BCUT2D eigenvalue weighted by molar-refractivity contribution is 0.0679. The van der Waals surface area contributed by atoms with Gasteiger partial charge in [-0.1, -0.05) is 23.7 Å². The highest BCUT2D eigenvalue weighted by Crippen LogP contribution is 2.21. The van der Waals surface area contributed by atoms with E-state index in [1.54, 1.807) is 0 Å².